The molecular formula is C19H24N2O3. The Morgan fingerprint density at radius 2 is 1.96 bits per heavy atom. The molecule has 0 spiro atoms. The lowest BCUT2D eigenvalue weighted by atomic mass is 10.0. The highest BCUT2D eigenvalue weighted by atomic mass is 16.5. The van der Waals surface area contributed by atoms with Crippen LogP contribution in [0.3, 0.4) is 0 Å². The van der Waals surface area contributed by atoms with Crippen molar-refractivity contribution in [3.05, 3.63) is 58.5 Å². The van der Waals surface area contributed by atoms with Gasteiger partial charge in [-0.15, -0.1) is 0 Å². The Hall–Kier alpha value is -2.56. The summed E-state index contributed by atoms with van der Waals surface area (Å²) < 4.78 is 6.77. The molecule has 0 saturated carbocycles. The van der Waals surface area contributed by atoms with Gasteiger partial charge in [0.1, 0.15) is 6.54 Å². The largest absolute Gasteiger partial charge is 0.488 e. The number of nitrogens with zero attached hydrogens (tertiary/aromatic N) is 1. The third-order valence-corrected chi connectivity index (χ3v) is 3.62. The first kappa shape index (κ1) is 17.8. The molecule has 1 N–H and O–H groups in total. The minimum absolute atomic E-state index is 0.0470. The number of rotatable bonds is 7. The lowest BCUT2D eigenvalue weighted by Gasteiger charge is -2.14. The van der Waals surface area contributed by atoms with Crippen molar-refractivity contribution in [1.82, 2.24) is 4.57 Å². The first-order valence-electron chi connectivity index (χ1n) is 8.24. The second-order valence-corrected chi connectivity index (χ2v) is 5.94. The van der Waals surface area contributed by atoms with E-state index >= 15 is 0 Å². The normalized spacial score (nSPS) is 10.7. The van der Waals surface area contributed by atoms with Gasteiger partial charge in [-0.1, -0.05) is 39.0 Å². The summed E-state index contributed by atoms with van der Waals surface area (Å²) in [7, 11) is 0. The molecule has 1 heterocycles. The van der Waals surface area contributed by atoms with E-state index in [0.717, 1.165) is 17.7 Å². The summed E-state index contributed by atoms with van der Waals surface area (Å²) >= 11 is 0. The molecule has 1 aromatic heterocycles. The molecule has 5 nitrogen and oxygen atoms in total. The van der Waals surface area contributed by atoms with Crippen LogP contribution in [0.5, 0.6) is 5.75 Å². The molecule has 2 rings (SSSR count). The van der Waals surface area contributed by atoms with Crippen molar-refractivity contribution in [3.8, 4) is 5.75 Å². The third kappa shape index (κ3) is 4.47. The topological polar surface area (TPSA) is 60.3 Å². The Morgan fingerprint density at radius 1 is 1.21 bits per heavy atom. The first-order chi connectivity index (χ1) is 11.5. The van der Waals surface area contributed by atoms with Crippen LogP contribution in [0.4, 0.5) is 5.69 Å². The summed E-state index contributed by atoms with van der Waals surface area (Å²) in [4.78, 5) is 24.6. The predicted octanol–water partition coefficient (Wildman–Crippen LogP) is 3.40. The van der Waals surface area contributed by atoms with Crippen LogP contribution in [0.2, 0.25) is 0 Å². The van der Waals surface area contributed by atoms with Gasteiger partial charge < -0.3 is 14.6 Å². The van der Waals surface area contributed by atoms with Gasteiger partial charge >= 0.3 is 0 Å². The molecule has 128 valence electrons. The molecule has 0 atom stereocenters. The lowest BCUT2D eigenvalue weighted by molar-refractivity contribution is -0.116. The molecule has 0 aliphatic carbocycles. The maximum atomic E-state index is 12.3. The van der Waals surface area contributed by atoms with Crippen LogP contribution < -0.4 is 15.6 Å². The van der Waals surface area contributed by atoms with E-state index in [0.29, 0.717) is 12.5 Å². The van der Waals surface area contributed by atoms with Crippen molar-refractivity contribution in [3.63, 3.8) is 0 Å². The average molecular weight is 328 g/mol. The molecule has 2 aromatic rings. The van der Waals surface area contributed by atoms with Gasteiger partial charge in [-0.3, -0.25) is 9.59 Å². The zero-order chi connectivity index (χ0) is 17.5. The van der Waals surface area contributed by atoms with Crippen LogP contribution >= 0.6 is 0 Å². The van der Waals surface area contributed by atoms with E-state index in [1.165, 1.54) is 4.57 Å². The van der Waals surface area contributed by atoms with E-state index < -0.39 is 0 Å². The van der Waals surface area contributed by atoms with Crippen molar-refractivity contribution in [2.45, 2.75) is 39.7 Å². The molecule has 24 heavy (non-hydrogen) atoms. The van der Waals surface area contributed by atoms with E-state index in [1.54, 1.807) is 18.3 Å². The molecule has 0 radical (unpaired) electrons. The monoisotopic (exact) mass is 328 g/mol. The van der Waals surface area contributed by atoms with Gasteiger partial charge in [-0.25, -0.2) is 0 Å². The second kappa shape index (κ2) is 8.34. The summed E-state index contributed by atoms with van der Waals surface area (Å²) in [6, 6.07) is 11.0. The zero-order valence-electron chi connectivity index (χ0n) is 14.4. The van der Waals surface area contributed by atoms with Crippen LogP contribution in [0.25, 0.3) is 0 Å². The van der Waals surface area contributed by atoms with Crippen molar-refractivity contribution < 1.29 is 9.53 Å². The number of ether oxygens (including phenoxy) is 1. The predicted molar refractivity (Wildman–Crippen MR) is 95.6 cm³/mol. The Labute approximate surface area is 142 Å². The van der Waals surface area contributed by atoms with Gasteiger partial charge in [-0.05, 0) is 36.1 Å². The van der Waals surface area contributed by atoms with E-state index in [9.17, 15) is 9.59 Å². The average Bonchev–Trinajstić information content (AvgIpc) is 2.56. The van der Waals surface area contributed by atoms with Crippen LogP contribution in [-0.4, -0.2) is 17.1 Å². The molecule has 0 saturated heterocycles. The quantitative estimate of drug-likeness (QED) is 0.847. The number of pyridine rings is 1. The number of benzene rings is 1. The second-order valence-electron chi connectivity index (χ2n) is 5.94. The molecule has 1 aromatic carbocycles. The molecule has 0 bridgehead atoms. The number of nitrogens with one attached hydrogen (secondary N) is 1. The van der Waals surface area contributed by atoms with Gasteiger partial charge in [0.2, 0.25) is 5.91 Å². The van der Waals surface area contributed by atoms with Crippen LogP contribution in [0, 0.1) is 0 Å². The van der Waals surface area contributed by atoms with Crippen molar-refractivity contribution in [2.24, 2.45) is 0 Å². The Morgan fingerprint density at radius 3 is 2.67 bits per heavy atom. The highest BCUT2D eigenvalue weighted by molar-refractivity contribution is 5.91. The van der Waals surface area contributed by atoms with Gasteiger partial charge in [0.05, 0.1) is 6.61 Å². The van der Waals surface area contributed by atoms with Crippen LogP contribution in [0.15, 0.2) is 47.4 Å². The standard InChI is InChI=1S/C19H24N2O3/c1-4-12-24-17-10-7-11-21(19(17)23)13-18(22)20-16-9-6-5-8-15(16)14(2)3/h5-11,14H,4,12-13H2,1-3H3,(H,20,22). The number of amides is 1. The van der Waals surface area contributed by atoms with Crippen molar-refractivity contribution in [2.75, 3.05) is 11.9 Å². The van der Waals surface area contributed by atoms with Gasteiger partial charge in [0.25, 0.3) is 5.56 Å². The lowest BCUT2D eigenvalue weighted by Crippen LogP contribution is -2.28. The Kier molecular flexibility index (Phi) is 6.18. The van der Waals surface area contributed by atoms with Gasteiger partial charge in [0, 0.05) is 11.9 Å². The smallest absolute Gasteiger partial charge is 0.293 e. The summed E-state index contributed by atoms with van der Waals surface area (Å²) in [5, 5.41) is 2.89. The molecular weight excluding hydrogens is 304 g/mol. The summed E-state index contributed by atoms with van der Waals surface area (Å²) in [6.07, 6.45) is 2.41. The maximum Gasteiger partial charge on any atom is 0.293 e. The highest BCUT2D eigenvalue weighted by Gasteiger charge is 2.11. The fraction of sp³-hybridized carbons (Fsp3) is 0.368. The molecule has 0 aliphatic heterocycles. The molecule has 0 unspecified atom stereocenters. The van der Waals surface area contributed by atoms with Gasteiger partial charge in [-0.2, -0.15) is 0 Å². The number of aromatic nitrogens is 1. The number of carbonyl (C=O) groups is 1. The molecule has 0 aliphatic rings. The van der Waals surface area contributed by atoms with Crippen molar-refractivity contribution >= 4 is 11.6 Å². The minimum atomic E-state index is -0.293. The highest BCUT2D eigenvalue weighted by Crippen LogP contribution is 2.23. The van der Waals surface area contributed by atoms with Crippen LogP contribution in [0.1, 0.15) is 38.7 Å². The minimum Gasteiger partial charge on any atom is -0.488 e. The molecule has 1 amide bonds. The Bertz CT molecular complexity index is 750. The van der Waals surface area contributed by atoms with Gasteiger partial charge in [0.15, 0.2) is 5.75 Å². The SMILES string of the molecule is CCCOc1cccn(CC(=O)Nc2ccccc2C(C)C)c1=O. The fourth-order valence-corrected chi connectivity index (χ4v) is 2.42. The summed E-state index contributed by atoms with van der Waals surface area (Å²) in [5.74, 6) is 0.336. The van der Waals surface area contributed by atoms with E-state index in [1.807, 2.05) is 31.2 Å². The molecule has 5 heteroatoms. The fourth-order valence-electron chi connectivity index (χ4n) is 2.42. The third-order valence-electron chi connectivity index (χ3n) is 3.62. The number of para-hydroxylation sites is 1. The number of anilines is 1. The number of carbonyl (C=O) groups excluding carboxylic acids is 1. The van der Waals surface area contributed by atoms with E-state index in [2.05, 4.69) is 19.2 Å². The zero-order valence-corrected chi connectivity index (χ0v) is 14.4. The van der Waals surface area contributed by atoms with Crippen molar-refractivity contribution in [1.29, 1.82) is 0 Å². The van der Waals surface area contributed by atoms with E-state index in [-0.39, 0.29) is 23.8 Å². The summed E-state index contributed by atoms with van der Waals surface area (Å²) in [6.45, 7) is 6.55. The van der Waals surface area contributed by atoms with Crippen LogP contribution in [-0.2, 0) is 11.3 Å². The first-order valence-corrected chi connectivity index (χ1v) is 8.24. The summed E-state index contributed by atoms with van der Waals surface area (Å²) in [5.41, 5.74) is 1.56. The number of hydrogen-bond acceptors (Lipinski definition) is 3. The Balaban J connectivity index is 2.12. The molecule has 0 fully saturated rings. The number of hydrogen-bond donors (Lipinski definition) is 1. The maximum absolute atomic E-state index is 12.3. The van der Waals surface area contributed by atoms with E-state index in [4.69, 9.17) is 4.74 Å².